The minimum atomic E-state index is -0.430. The summed E-state index contributed by atoms with van der Waals surface area (Å²) in [6, 6.07) is 5.43. The Labute approximate surface area is 101 Å². The number of rotatable bonds is 0. The molecule has 1 aliphatic rings. The summed E-state index contributed by atoms with van der Waals surface area (Å²) >= 11 is 0. The van der Waals surface area contributed by atoms with Crippen LogP contribution in [0, 0.1) is 5.82 Å². The third-order valence-corrected chi connectivity index (χ3v) is 2.91. The van der Waals surface area contributed by atoms with Crippen LogP contribution in [0.5, 0.6) is 0 Å². The molecule has 0 bridgehead atoms. The van der Waals surface area contributed by atoms with Gasteiger partial charge >= 0.3 is 0 Å². The molecule has 4 nitrogen and oxygen atoms in total. The molecule has 0 fully saturated rings. The Balaban J connectivity index is 2.41. The zero-order valence-corrected chi connectivity index (χ0v) is 9.09. The van der Waals surface area contributed by atoms with E-state index in [1.165, 1.54) is 30.6 Å². The maximum atomic E-state index is 13.3. The summed E-state index contributed by atoms with van der Waals surface area (Å²) in [5.74, 6) is -0.855. The van der Waals surface area contributed by atoms with E-state index in [-0.39, 0.29) is 5.71 Å². The average molecular weight is 242 g/mol. The highest BCUT2D eigenvalue weighted by Crippen LogP contribution is 2.33. The molecule has 1 N–H and O–H groups in total. The lowest BCUT2D eigenvalue weighted by Crippen LogP contribution is -2.22. The lowest BCUT2D eigenvalue weighted by molar-refractivity contribution is 0.106. The molecular weight excluding hydrogens is 235 g/mol. The Morgan fingerprint density at radius 2 is 1.94 bits per heavy atom. The third-order valence-electron chi connectivity index (χ3n) is 2.91. The van der Waals surface area contributed by atoms with Crippen molar-refractivity contribution in [3.05, 3.63) is 53.6 Å². The van der Waals surface area contributed by atoms with Crippen LogP contribution < -0.4 is 0 Å². The normalized spacial score (nSPS) is 15.4. The number of hydrogen-bond acceptors (Lipinski definition) is 4. The largest absolute Gasteiger partial charge is 0.410 e. The Morgan fingerprint density at radius 3 is 2.72 bits per heavy atom. The standard InChI is InChI=1S/C13H7FN2O2/c14-7-1-2-9-10(5-7)11-6-15-4-3-8(11)12(16-18)13(9)17/h1-6,18H. The molecule has 0 aliphatic heterocycles. The molecule has 0 unspecified atom stereocenters. The van der Waals surface area contributed by atoms with Gasteiger partial charge in [-0.1, -0.05) is 5.16 Å². The van der Waals surface area contributed by atoms with Crippen LogP contribution in [0.25, 0.3) is 11.1 Å². The van der Waals surface area contributed by atoms with Crippen molar-refractivity contribution in [3.8, 4) is 11.1 Å². The van der Waals surface area contributed by atoms with E-state index < -0.39 is 11.6 Å². The Kier molecular flexibility index (Phi) is 2.19. The second-order valence-corrected chi connectivity index (χ2v) is 3.89. The molecular formula is C13H7FN2O2. The maximum Gasteiger partial charge on any atom is 0.216 e. The van der Waals surface area contributed by atoms with Crippen molar-refractivity contribution in [2.24, 2.45) is 5.16 Å². The molecule has 1 aromatic carbocycles. The molecule has 5 heteroatoms. The molecule has 2 aromatic rings. The summed E-state index contributed by atoms with van der Waals surface area (Å²) in [4.78, 5) is 16.0. The zero-order valence-electron chi connectivity index (χ0n) is 9.09. The lowest BCUT2D eigenvalue weighted by Gasteiger charge is -2.18. The molecule has 1 heterocycles. The Bertz CT molecular complexity index is 695. The number of pyridine rings is 1. The van der Waals surface area contributed by atoms with Crippen molar-refractivity contribution in [1.82, 2.24) is 4.98 Å². The van der Waals surface area contributed by atoms with Gasteiger partial charge in [0.15, 0.2) is 5.71 Å². The first-order valence-corrected chi connectivity index (χ1v) is 5.23. The minimum Gasteiger partial charge on any atom is -0.410 e. The SMILES string of the molecule is O=C1C(=NO)c2ccncc2-c2cc(F)ccc21. The van der Waals surface area contributed by atoms with Crippen molar-refractivity contribution < 1.29 is 14.4 Å². The number of fused-ring (bicyclic) bond motifs is 3. The van der Waals surface area contributed by atoms with Crippen LogP contribution >= 0.6 is 0 Å². The van der Waals surface area contributed by atoms with Gasteiger partial charge in [-0.2, -0.15) is 0 Å². The third kappa shape index (κ3) is 1.34. The average Bonchev–Trinajstić information content (AvgIpc) is 2.39. The molecule has 0 amide bonds. The molecule has 0 spiro atoms. The summed E-state index contributed by atoms with van der Waals surface area (Å²) in [6.45, 7) is 0. The van der Waals surface area contributed by atoms with Crippen molar-refractivity contribution in [1.29, 1.82) is 0 Å². The van der Waals surface area contributed by atoms with E-state index in [2.05, 4.69) is 10.1 Å². The molecule has 0 saturated carbocycles. The summed E-state index contributed by atoms with van der Waals surface area (Å²) in [7, 11) is 0. The second-order valence-electron chi connectivity index (χ2n) is 3.89. The number of ketones is 1. The van der Waals surface area contributed by atoms with E-state index in [1.54, 1.807) is 6.07 Å². The fraction of sp³-hybridized carbons (Fsp3) is 0. The van der Waals surface area contributed by atoms with E-state index in [1.807, 2.05) is 0 Å². The molecule has 3 rings (SSSR count). The first-order chi connectivity index (χ1) is 8.72. The number of Topliss-reactive ketones (excluding diaryl/α,β-unsaturated/α-hetero) is 1. The van der Waals surface area contributed by atoms with Crippen molar-refractivity contribution in [2.45, 2.75) is 0 Å². The highest BCUT2D eigenvalue weighted by Gasteiger charge is 2.29. The maximum absolute atomic E-state index is 13.3. The predicted molar refractivity (Wildman–Crippen MR) is 62.3 cm³/mol. The first-order valence-electron chi connectivity index (χ1n) is 5.23. The summed E-state index contributed by atoms with van der Waals surface area (Å²) < 4.78 is 13.3. The summed E-state index contributed by atoms with van der Waals surface area (Å²) in [5, 5.41) is 12.0. The molecule has 88 valence electrons. The van der Waals surface area contributed by atoms with E-state index >= 15 is 0 Å². The highest BCUT2D eigenvalue weighted by atomic mass is 19.1. The predicted octanol–water partition coefficient (Wildman–Crippen LogP) is 2.26. The number of hydrogen-bond donors (Lipinski definition) is 1. The van der Waals surface area contributed by atoms with E-state index in [0.29, 0.717) is 22.3 Å². The first kappa shape index (κ1) is 10.6. The summed E-state index contributed by atoms with van der Waals surface area (Å²) in [5.41, 5.74) is 1.77. The fourth-order valence-corrected chi connectivity index (χ4v) is 2.10. The number of aromatic nitrogens is 1. The molecule has 18 heavy (non-hydrogen) atoms. The van der Waals surface area contributed by atoms with Gasteiger partial charge in [0.2, 0.25) is 5.78 Å². The molecule has 1 aromatic heterocycles. The molecule has 0 radical (unpaired) electrons. The van der Waals surface area contributed by atoms with Crippen LogP contribution in [0.4, 0.5) is 4.39 Å². The summed E-state index contributed by atoms with van der Waals surface area (Å²) in [6.07, 6.45) is 3.01. The van der Waals surface area contributed by atoms with Gasteiger partial charge in [-0.15, -0.1) is 0 Å². The van der Waals surface area contributed by atoms with Crippen molar-refractivity contribution in [2.75, 3.05) is 0 Å². The van der Waals surface area contributed by atoms with Gasteiger partial charge in [-0.25, -0.2) is 4.39 Å². The molecule has 0 saturated heterocycles. The van der Waals surface area contributed by atoms with Crippen LogP contribution in [0.3, 0.4) is 0 Å². The molecule has 1 aliphatic carbocycles. The van der Waals surface area contributed by atoms with Gasteiger partial charge in [0.1, 0.15) is 5.82 Å². The van der Waals surface area contributed by atoms with Crippen LogP contribution in [-0.4, -0.2) is 21.7 Å². The lowest BCUT2D eigenvalue weighted by atomic mass is 9.84. The Morgan fingerprint density at radius 1 is 1.11 bits per heavy atom. The minimum absolute atomic E-state index is 0.0495. The molecule has 0 atom stereocenters. The van der Waals surface area contributed by atoms with Gasteiger partial charge in [-0.05, 0) is 29.8 Å². The van der Waals surface area contributed by atoms with Crippen molar-refractivity contribution in [3.63, 3.8) is 0 Å². The van der Waals surface area contributed by atoms with Crippen molar-refractivity contribution >= 4 is 11.5 Å². The van der Waals surface area contributed by atoms with Crippen LogP contribution in [0.1, 0.15) is 15.9 Å². The fourth-order valence-electron chi connectivity index (χ4n) is 2.10. The number of oxime groups is 1. The van der Waals surface area contributed by atoms with Gasteiger partial charge in [0, 0.05) is 29.1 Å². The second kappa shape index (κ2) is 3.73. The van der Waals surface area contributed by atoms with Gasteiger partial charge in [0.05, 0.1) is 0 Å². The van der Waals surface area contributed by atoms with E-state index in [0.717, 1.165) is 0 Å². The quantitative estimate of drug-likeness (QED) is 0.569. The topological polar surface area (TPSA) is 62.5 Å². The van der Waals surface area contributed by atoms with Gasteiger partial charge < -0.3 is 5.21 Å². The van der Waals surface area contributed by atoms with Gasteiger partial charge in [0.25, 0.3) is 0 Å². The van der Waals surface area contributed by atoms with Crippen LogP contribution in [0.15, 0.2) is 41.8 Å². The number of benzene rings is 1. The van der Waals surface area contributed by atoms with Crippen LogP contribution in [0.2, 0.25) is 0 Å². The number of halogens is 1. The smallest absolute Gasteiger partial charge is 0.216 e. The van der Waals surface area contributed by atoms with E-state index in [9.17, 15) is 9.18 Å². The van der Waals surface area contributed by atoms with Gasteiger partial charge in [-0.3, -0.25) is 9.78 Å². The highest BCUT2D eigenvalue weighted by molar-refractivity contribution is 6.54. The Hall–Kier alpha value is -2.56. The van der Waals surface area contributed by atoms with Crippen LogP contribution in [-0.2, 0) is 0 Å². The number of carbonyl (C=O) groups excluding carboxylic acids is 1. The number of nitrogens with zero attached hydrogens (tertiary/aromatic N) is 2. The van der Waals surface area contributed by atoms with E-state index in [4.69, 9.17) is 5.21 Å². The number of carbonyl (C=O) groups is 1. The monoisotopic (exact) mass is 242 g/mol. The zero-order chi connectivity index (χ0) is 12.7.